The Bertz CT molecular complexity index is 487. The second-order valence-corrected chi connectivity index (χ2v) is 5.38. The molecule has 0 radical (unpaired) electrons. The summed E-state index contributed by atoms with van der Waals surface area (Å²) in [4.78, 5) is 14.4. The molecule has 1 aromatic carbocycles. The number of aliphatic hydroxyl groups excluding tert-OH is 1. The van der Waals surface area contributed by atoms with E-state index >= 15 is 0 Å². The van der Waals surface area contributed by atoms with Gasteiger partial charge in [-0.25, -0.2) is 0 Å². The van der Waals surface area contributed by atoms with E-state index in [9.17, 15) is 4.79 Å². The maximum Gasteiger partial charge on any atom is 0.254 e. The Labute approximate surface area is 125 Å². The maximum absolute atomic E-state index is 12.6. The van der Waals surface area contributed by atoms with Crippen molar-refractivity contribution in [2.75, 3.05) is 26.4 Å². The van der Waals surface area contributed by atoms with Gasteiger partial charge < -0.3 is 19.5 Å². The summed E-state index contributed by atoms with van der Waals surface area (Å²) in [6, 6.07) is 5.39. The van der Waals surface area contributed by atoms with Crippen molar-refractivity contribution in [3.8, 4) is 11.5 Å². The van der Waals surface area contributed by atoms with Crippen molar-refractivity contribution in [2.24, 2.45) is 0 Å². The third-order valence-corrected chi connectivity index (χ3v) is 3.44. The molecule has 5 heteroatoms. The Morgan fingerprint density at radius 2 is 2.00 bits per heavy atom. The van der Waals surface area contributed by atoms with Crippen molar-refractivity contribution in [1.82, 2.24) is 4.90 Å². The molecule has 0 unspecified atom stereocenters. The van der Waals surface area contributed by atoms with Crippen LogP contribution in [0.25, 0.3) is 0 Å². The number of aliphatic hydroxyl groups is 1. The van der Waals surface area contributed by atoms with Gasteiger partial charge in [-0.3, -0.25) is 4.79 Å². The van der Waals surface area contributed by atoms with Crippen molar-refractivity contribution in [2.45, 2.75) is 32.7 Å². The maximum atomic E-state index is 12.6. The number of hydrogen-bond donors (Lipinski definition) is 1. The van der Waals surface area contributed by atoms with Gasteiger partial charge in [-0.1, -0.05) is 0 Å². The highest BCUT2D eigenvalue weighted by atomic mass is 16.5. The van der Waals surface area contributed by atoms with Gasteiger partial charge in [0.25, 0.3) is 5.91 Å². The molecule has 0 aromatic heterocycles. The zero-order valence-electron chi connectivity index (χ0n) is 12.7. The molecule has 0 atom stereocenters. The lowest BCUT2D eigenvalue weighted by atomic mass is 10.1. The first-order chi connectivity index (χ1) is 10.1. The molecule has 0 fully saturated rings. The third kappa shape index (κ3) is 3.88. The Morgan fingerprint density at radius 3 is 2.67 bits per heavy atom. The molecule has 0 saturated heterocycles. The number of carbonyl (C=O) groups is 1. The lowest BCUT2D eigenvalue weighted by Gasteiger charge is -2.27. The first kappa shape index (κ1) is 15.6. The molecule has 0 spiro atoms. The molecule has 1 heterocycles. The topological polar surface area (TPSA) is 59.0 Å². The van der Waals surface area contributed by atoms with Gasteiger partial charge in [-0.05, 0) is 38.5 Å². The quantitative estimate of drug-likeness (QED) is 0.903. The van der Waals surface area contributed by atoms with E-state index in [-0.39, 0.29) is 18.6 Å². The van der Waals surface area contributed by atoms with Crippen LogP contribution in [-0.2, 0) is 0 Å². The van der Waals surface area contributed by atoms with Gasteiger partial charge in [0.1, 0.15) is 0 Å². The number of hydrogen-bond acceptors (Lipinski definition) is 4. The van der Waals surface area contributed by atoms with Crippen LogP contribution in [-0.4, -0.2) is 48.3 Å². The van der Waals surface area contributed by atoms with Gasteiger partial charge in [0.15, 0.2) is 11.5 Å². The van der Waals surface area contributed by atoms with Crippen molar-refractivity contribution in [1.29, 1.82) is 0 Å². The minimum Gasteiger partial charge on any atom is -0.490 e. The Hall–Kier alpha value is -1.75. The summed E-state index contributed by atoms with van der Waals surface area (Å²) in [7, 11) is 0. The van der Waals surface area contributed by atoms with E-state index in [0.717, 1.165) is 6.42 Å². The second kappa shape index (κ2) is 7.31. The van der Waals surface area contributed by atoms with Crippen LogP contribution in [0, 0.1) is 0 Å². The summed E-state index contributed by atoms with van der Waals surface area (Å²) in [5, 5.41) is 8.96. The van der Waals surface area contributed by atoms with E-state index in [1.54, 1.807) is 23.1 Å². The molecule has 1 aliphatic rings. The molecule has 0 bridgehead atoms. The average Bonchev–Trinajstić information content (AvgIpc) is 2.71. The van der Waals surface area contributed by atoms with Crippen LogP contribution in [0.5, 0.6) is 11.5 Å². The monoisotopic (exact) mass is 293 g/mol. The predicted molar refractivity (Wildman–Crippen MR) is 79.9 cm³/mol. The summed E-state index contributed by atoms with van der Waals surface area (Å²) < 4.78 is 11.2. The Kier molecular flexibility index (Phi) is 5.44. The molecule has 1 aromatic rings. The average molecular weight is 293 g/mol. The smallest absolute Gasteiger partial charge is 0.254 e. The number of rotatable bonds is 5. The fourth-order valence-electron chi connectivity index (χ4n) is 2.30. The van der Waals surface area contributed by atoms with E-state index in [4.69, 9.17) is 14.6 Å². The zero-order valence-corrected chi connectivity index (χ0v) is 12.7. The number of amides is 1. The first-order valence-corrected chi connectivity index (χ1v) is 7.45. The first-order valence-electron chi connectivity index (χ1n) is 7.45. The van der Waals surface area contributed by atoms with Crippen LogP contribution in [0.2, 0.25) is 0 Å². The van der Waals surface area contributed by atoms with Crippen LogP contribution < -0.4 is 9.47 Å². The number of nitrogens with zero attached hydrogens (tertiary/aromatic N) is 1. The molecule has 1 amide bonds. The fourth-order valence-corrected chi connectivity index (χ4v) is 2.30. The van der Waals surface area contributed by atoms with Crippen molar-refractivity contribution < 1.29 is 19.4 Å². The summed E-state index contributed by atoms with van der Waals surface area (Å²) in [5.74, 6) is 1.27. The van der Waals surface area contributed by atoms with E-state index in [2.05, 4.69) is 0 Å². The van der Waals surface area contributed by atoms with Crippen LogP contribution in [0.15, 0.2) is 18.2 Å². The van der Waals surface area contributed by atoms with E-state index in [1.807, 2.05) is 13.8 Å². The minimum atomic E-state index is -0.0471. The molecule has 5 nitrogen and oxygen atoms in total. The van der Waals surface area contributed by atoms with Crippen LogP contribution in [0.4, 0.5) is 0 Å². The molecule has 0 saturated carbocycles. The van der Waals surface area contributed by atoms with Crippen molar-refractivity contribution >= 4 is 5.91 Å². The van der Waals surface area contributed by atoms with E-state index in [1.165, 1.54) is 0 Å². The van der Waals surface area contributed by atoms with E-state index < -0.39 is 0 Å². The van der Waals surface area contributed by atoms with Gasteiger partial charge in [-0.2, -0.15) is 0 Å². The Balaban J connectivity index is 2.19. The van der Waals surface area contributed by atoms with E-state index in [0.29, 0.717) is 43.2 Å². The highest BCUT2D eigenvalue weighted by Gasteiger charge is 2.20. The standard InChI is InChI=1S/C16H23NO4/c1-12(2)17(7-3-8-18)16(19)13-5-6-14-15(11-13)21-10-4-9-20-14/h5-6,11-12,18H,3-4,7-10H2,1-2H3. The number of carbonyl (C=O) groups excluding carboxylic acids is 1. The molecule has 21 heavy (non-hydrogen) atoms. The number of fused-ring (bicyclic) bond motifs is 1. The Morgan fingerprint density at radius 1 is 1.29 bits per heavy atom. The molecule has 2 rings (SSSR count). The minimum absolute atomic E-state index is 0.0471. The third-order valence-electron chi connectivity index (χ3n) is 3.44. The number of benzene rings is 1. The molecular weight excluding hydrogens is 270 g/mol. The zero-order chi connectivity index (χ0) is 15.2. The molecule has 1 aliphatic heterocycles. The molecule has 1 N–H and O–H groups in total. The summed E-state index contributed by atoms with van der Waals surface area (Å²) in [6.07, 6.45) is 1.42. The van der Waals surface area contributed by atoms with Gasteiger partial charge in [0.2, 0.25) is 0 Å². The van der Waals surface area contributed by atoms with Gasteiger partial charge in [-0.15, -0.1) is 0 Å². The van der Waals surface area contributed by atoms with Crippen LogP contribution >= 0.6 is 0 Å². The molecular formula is C16H23NO4. The SMILES string of the molecule is CC(C)N(CCCO)C(=O)c1ccc2c(c1)OCCCO2. The van der Waals surface area contributed by atoms with Crippen LogP contribution in [0.3, 0.4) is 0 Å². The predicted octanol–water partition coefficient (Wildman–Crippen LogP) is 2.08. The van der Waals surface area contributed by atoms with Gasteiger partial charge in [0, 0.05) is 31.2 Å². The van der Waals surface area contributed by atoms with Crippen LogP contribution in [0.1, 0.15) is 37.0 Å². The lowest BCUT2D eigenvalue weighted by Crippen LogP contribution is -2.38. The van der Waals surface area contributed by atoms with Crippen molar-refractivity contribution in [3.05, 3.63) is 23.8 Å². The highest BCUT2D eigenvalue weighted by Crippen LogP contribution is 2.31. The second-order valence-electron chi connectivity index (χ2n) is 5.38. The summed E-state index contributed by atoms with van der Waals surface area (Å²) in [6.45, 7) is 5.80. The number of ether oxygens (including phenoxy) is 2. The summed E-state index contributed by atoms with van der Waals surface area (Å²) in [5.41, 5.74) is 0.589. The van der Waals surface area contributed by atoms with Gasteiger partial charge >= 0.3 is 0 Å². The normalized spacial score (nSPS) is 13.9. The van der Waals surface area contributed by atoms with Gasteiger partial charge in [0.05, 0.1) is 13.2 Å². The highest BCUT2D eigenvalue weighted by molar-refractivity contribution is 5.95. The molecule has 116 valence electrons. The lowest BCUT2D eigenvalue weighted by molar-refractivity contribution is 0.0692. The molecule has 0 aliphatic carbocycles. The summed E-state index contributed by atoms with van der Waals surface area (Å²) >= 11 is 0. The fraction of sp³-hybridized carbons (Fsp3) is 0.562. The largest absolute Gasteiger partial charge is 0.490 e. The van der Waals surface area contributed by atoms with Crippen molar-refractivity contribution in [3.63, 3.8) is 0 Å².